The number of hydrogen-bond acceptors (Lipinski definition) is 5. The van der Waals surface area contributed by atoms with E-state index in [-0.39, 0.29) is 23.8 Å². The van der Waals surface area contributed by atoms with Crippen molar-refractivity contribution in [2.45, 2.75) is 32.7 Å². The summed E-state index contributed by atoms with van der Waals surface area (Å²) < 4.78 is 5.09. The second-order valence-electron chi connectivity index (χ2n) is 5.94. The number of amides is 1. The first-order chi connectivity index (χ1) is 11.5. The lowest BCUT2D eigenvalue weighted by molar-refractivity contribution is -0.150. The lowest BCUT2D eigenvalue weighted by atomic mass is 9.97. The molecule has 1 aliphatic rings. The highest BCUT2D eigenvalue weighted by molar-refractivity contribution is 5.94. The summed E-state index contributed by atoms with van der Waals surface area (Å²) >= 11 is 0. The van der Waals surface area contributed by atoms with Crippen LogP contribution in [0.25, 0.3) is 0 Å². The molecule has 0 spiro atoms. The number of ether oxygens (including phenoxy) is 1. The summed E-state index contributed by atoms with van der Waals surface area (Å²) in [7, 11) is 0. The summed E-state index contributed by atoms with van der Waals surface area (Å²) in [6, 6.07) is 8.51. The molecule has 0 aromatic heterocycles. The summed E-state index contributed by atoms with van der Waals surface area (Å²) in [5.41, 5.74) is 1.10. The molecule has 128 valence electrons. The van der Waals surface area contributed by atoms with E-state index in [1.807, 2.05) is 11.8 Å². The Labute approximate surface area is 142 Å². The molecule has 6 nitrogen and oxygen atoms in total. The molecule has 6 heteroatoms. The van der Waals surface area contributed by atoms with Gasteiger partial charge in [-0.25, -0.2) is 0 Å². The Balaban J connectivity index is 1.96. The molecule has 24 heavy (non-hydrogen) atoms. The number of likely N-dealkylation sites (tertiary alicyclic amines) is 1. The minimum atomic E-state index is -0.354. The van der Waals surface area contributed by atoms with Crippen molar-refractivity contribution in [2.24, 2.45) is 5.92 Å². The Morgan fingerprint density at radius 1 is 1.50 bits per heavy atom. The van der Waals surface area contributed by atoms with Crippen molar-refractivity contribution < 1.29 is 14.3 Å². The lowest BCUT2D eigenvalue weighted by Gasteiger charge is -2.35. The standard InChI is InChI=1S/C18H23N3O3/c1-3-24-18(23)15-7-5-9-21(12-15)13(2)17(22)20-16-8-4-6-14(10-16)11-19/h4,6,8,10,13,15H,3,5,7,9,12H2,1-2H3,(H,20,22)/t13-,15+/m0/s1. The smallest absolute Gasteiger partial charge is 0.310 e. The number of nitrogens with one attached hydrogen (secondary N) is 1. The number of anilines is 1. The number of carbonyl (C=O) groups is 2. The first-order valence-electron chi connectivity index (χ1n) is 8.26. The maximum atomic E-state index is 12.5. The molecule has 1 N–H and O–H groups in total. The van der Waals surface area contributed by atoms with Crippen molar-refractivity contribution in [1.82, 2.24) is 4.90 Å². The lowest BCUT2D eigenvalue weighted by Crippen LogP contribution is -2.48. The van der Waals surface area contributed by atoms with E-state index in [4.69, 9.17) is 10.00 Å². The van der Waals surface area contributed by atoms with Crippen molar-refractivity contribution in [3.05, 3.63) is 29.8 Å². The van der Waals surface area contributed by atoms with Crippen molar-refractivity contribution in [3.63, 3.8) is 0 Å². The average Bonchev–Trinajstić information content (AvgIpc) is 2.61. The number of benzene rings is 1. The second kappa shape index (κ2) is 8.46. The van der Waals surface area contributed by atoms with Gasteiger partial charge in [-0.1, -0.05) is 6.07 Å². The van der Waals surface area contributed by atoms with E-state index in [9.17, 15) is 9.59 Å². The number of rotatable bonds is 5. The van der Waals surface area contributed by atoms with E-state index >= 15 is 0 Å². The molecule has 1 aliphatic heterocycles. The summed E-state index contributed by atoms with van der Waals surface area (Å²) in [5.74, 6) is -0.498. The van der Waals surface area contributed by atoms with Crippen molar-refractivity contribution in [1.29, 1.82) is 5.26 Å². The zero-order valence-corrected chi connectivity index (χ0v) is 14.1. The van der Waals surface area contributed by atoms with Gasteiger partial charge in [-0.05, 0) is 51.4 Å². The number of esters is 1. The summed E-state index contributed by atoms with van der Waals surface area (Å²) in [4.78, 5) is 26.4. The van der Waals surface area contributed by atoms with Gasteiger partial charge in [0.05, 0.1) is 30.2 Å². The minimum Gasteiger partial charge on any atom is -0.466 e. The molecule has 1 fully saturated rings. The Kier molecular flexibility index (Phi) is 6.33. The summed E-state index contributed by atoms with van der Waals surface area (Å²) in [6.45, 7) is 5.32. The fourth-order valence-corrected chi connectivity index (χ4v) is 2.89. The van der Waals surface area contributed by atoms with Crippen LogP contribution in [0.1, 0.15) is 32.3 Å². The largest absolute Gasteiger partial charge is 0.466 e. The molecule has 1 aromatic rings. The number of nitriles is 1. The van der Waals surface area contributed by atoms with E-state index < -0.39 is 0 Å². The predicted octanol–water partition coefficient (Wildman–Crippen LogP) is 2.16. The SMILES string of the molecule is CCOC(=O)[C@@H]1CCCN([C@@H](C)C(=O)Nc2cccc(C#N)c2)C1. The van der Waals surface area contributed by atoms with E-state index in [0.29, 0.717) is 24.4 Å². The minimum absolute atomic E-state index is 0.144. The average molecular weight is 329 g/mol. The maximum absolute atomic E-state index is 12.5. The Morgan fingerprint density at radius 3 is 3.00 bits per heavy atom. The molecular formula is C18H23N3O3. The molecule has 0 aliphatic carbocycles. The van der Waals surface area contributed by atoms with Gasteiger partial charge in [0.25, 0.3) is 0 Å². The summed E-state index contributed by atoms with van der Waals surface area (Å²) in [5, 5.41) is 11.8. The second-order valence-corrected chi connectivity index (χ2v) is 5.94. The quantitative estimate of drug-likeness (QED) is 0.837. The highest BCUT2D eigenvalue weighted by atomic mass is 16.5. The van der Waals surface area contributed by atoms with Gasteiger partial charge in [0.15, 0.2) is 0 Å². The van der Waals surface area contributed by atoms with Crippen LogP contribution in [0.2, 0.25) is 0 Å². The highest BCUT2D eigenvalue weighted by Crippen LogP contribution is 2.20. The fraction of sp³-hybridized carbons (Fsp3) is 0.500. The van der Waals surface area contributed by atoms with Crippen LogP contribution in [0.15, 0.2) is 24.3 Å². The van der Waals surface area contributed by atoms with Gasteiger partial charge in [0, 0.05) is 12.2 Å². The van der Waals surface area contributed by atoms with Gasteiger partial charge < -0.3 is 10.1 Å². The molecular weight excluding hydrogens is 306 g/mol. The first kappa shape index (κ1) is 18.0. The molecule has 0 unspecified atom stereocenters. The van der Waals surface area contributed by atoms with Crippen LogP contribution in [0.5, 0.6) is 0 Å². The summed E-state index contributed by atoms with van der Waals surface area (Å²) in [6.07, 6.45) is 1.67. The molecule has 0 bridgehead atoms. The molecule has 1 aromatic carbocycles. The van der Waals surface area contributed by atoms with E-state index in [1.54, 1.807) is 31.2 Å². The van der Waals surface area contributed by atoms with Crippen LogP contribution < -0.4 is 5.32 Å². The number of hydrogen-bond donors (Lipinski definition) is 1. The van der Waals surface area contributed by atoms with E-state index in [2.05, 4.69) is 11.4 Å². The van der Waals surface area contributed by atoms with E-state index in [1.165, 1.54) is 0 Å². The number of piperidine rings is 1. The fourth-order valence-electron chi connectivity index (χ4n) is 2.89. The molecule has 1 amide bonds. The topological polar surface area (TPSA) is 82.4 Å². The van der Waals surface area contributed by atoms with Gasteiger partial charge in [0.2, 0.25) is 5.91 Å². The predicted molar refractivity (Wildman–Crippen MR) is 90.2 cm³/mol. The molecule has 1 heterocycles. The number of carbonyl (C=O) groups excluding carboxylic acids is 2. The molecule has 0 radical (unpaired) electrons. The molecule has 1 saturated heterocycles. The maximum Gasteiger partial charge on any atom is 0.310 e. The van der Waals surface area contributed by atoms with Crippen LogP contribution in [-0.4, -0.2) is 42.5 Å². The Bertz CT molecular complexity index is 639. The van der Waals surface area contributed by atoms with Crippen molar-refractivity contribution >= 4 is 17.6 Å². The van der Waals surface area contributed by atoms with Crippen LogP contribution in [0.4, 0.5) is 5.69 Å². The van der Waals surface area contributed by atoms with Crippen LogP contribution in [0.3, 0.4) is 0 Å². The third-order valence-electron chi connectivity index (χ3n) is 4.26. The normalized spacial score (nSPS) is 19.1. The van der Waals surface area contributed by atoms with Crippen LogP contribution in [0, 0.1) is 17.2 Å². The highest BCUT2D eigenvalue weighted by Gasteiger charge is 2.31. The third-order valence-corrected chi connectivity index (χ3v) is 4.26. The first-order valence-corrected chi connectivity index (χ1v) is 8.26. The van der Waals surface area contributed by atoms with Crippen LogP contribution in [-0.2, 0) is 14.3 Å². The number of nitrogens with zero attached hydrogens (tertiary/aromatic N) is 2. The van der Waals surface area contributed by atoms with Crippen molar-refractivity contribution in [3.8, 4) is 6.07 Å². The molecule has 0 saturated carbocycles. The third kappa shape index (κ3) is 4.56. The van der Waals surface area contributed by atoms with Crippen LogP contribution >= 0.6 is 0 Å². The Morgan fingerprint density at radius 2 is 2.29 bits per heavy atom. The zero-order valence-electron chi connectivity index (χ0n) is 14.1. The van der Waals surface area contributed by atoms with Crippen molar-refractivity contribution in [2.75, 3.05) is 25.0 Å². The van der Waals surface area contributed by atoms with Gasteiger partial charge >= 0.3 is 5.97 Å². The van der Waals surface area contributed by atoms with Gasteiger partial charge in [-0.2, -0.15) is 5.26 Å². The monoisotopic (exact) mass is 329 g/mol. The zero-order chi connectivity index (χ0) is 17.5. The van der Waals surface area contributed by atoms with Gasteiger partial charge in [-0.15, -0.1) is 0 Å². The molecule has 2 atom stereocenters. The van der Waals surface area contributed by atoms with Gasteiger partial charge in [0.1, 0.15) is 0 Å². The van der Waals surface area contributed by atoms with E-state index in [0.717, 1.165) is 19.4 Å². The Hall–Kier alpha value is -2.39. The molecule has 2 rings (SSSR count). The van der Waals surface area contributed by atoms with Gasteiger partial charge in [-0.3, -0.25) is 14.5 Å².